The number of esters is 1. The zero-order valence-electron chi connectivity index (χ0n) is 11.6. The molecule has 0 atom stereocenters. The minimum Gasteiger partial charge on any atom is -0.468 e. The molecule has 2 aromatic heterocycles. The number of aryl methyl sites for hydroxylation is 1. The molecule has 0 spiro atoms. The molecule has 0 unspecified atom stereocenters. The van der Waals surface area contributed by atoms with Crippen LogP contribution in [-0.4, -0.2) is 46.2 Å². The van der Waals surface area contributed by atoms with Crippen molar-refractivity contribution in [3.8, 4) is 0 Å². The minimum absolute atomic E-state index is 0.153. The van der Waals surface area contributed by atoms with Gasteiger partial charge in [0.25, 0.3) is 5.56 Å². The number of hydrogen-bond acceptors (Lipinski definition) is 7. The lowest BCUT2D eigenvalue weighted by molar-refractivity contribution is -0.141. The minimum atomic E-state index is -0.323. The van der Waals surface area contributed by atoms with Gasteiger partial charge in [-0.25, -0.2) is 4.98 Å². The van der Waals surface area contributed by atoms with Crippen molar-refractivity contribution in [3.63, 3.8) is 0 Å². The summed E-state index contributed by atoms with van der Waals surface area (Å²) in [5.74, 6) is -0.323. The summed E-state index contributed by atoms with van der Waals surface area (Å²) in [7, 11) is 3.11. The first-order valence-corrected chi connectivity index (χ1v) is 6.99. The molecule has 0 amide bonds. The van der Waals surface area contributed by atoms with E-state index < -0.39 is 0 Å². The van der Waals surface area contributed by atoms with Gasteiger partial charge in [-0.3, -0.25) is 14.5 Å². The molecule has 2 rings (SSSR count). The Balaban J connectivity index is 2.22. The molecule has 7 nitrogen and oxygen atoms in total. The fourth-order valence-electron chi connectivity index (χ4n) is 1.74. The van der Waals surface area contributed by atoms with E-state index in [1.54, 1.807) is 11.9 Å². The number of nitrogens with zero attached hydrogens (tertiary/aromatic N) is 4. The Kier molecular flexibility index (Phi) is 4.46. The van der Waals surface area contributed by atoms with E-state index in [0.717, 1.165) is 11.4 Å². The predicted molar refractivity (Wildman–Crippen MR) is 74.9 cm³/mol. The van der Waals surface area contributed by atoms with Crippen LogP contribution in [0.15, 0.2) is 10.9 Å². The van der Waals surface area contributed by atoms with Gasteiger partial charge in [-0.05, 0) is 13.5 Å². The molecule has 0 bridgehead atoms. The second kappa shape index (κ2) is 6.10. The lowest BCUT2D eigenvalue weighted by Crippen LogP contribution is -2.27. The van der Waals surface area contributed by atoms with Gasteiger partial charge in [0.1, 0.15) is 5.01 Å². The smallest absolute Gasteiger partial charge is 0.319 e. The average molecular weight is 296 g/mol. The normalized spacial score (nSPS) is 11.2. The van der Waals surface area contributed by atoms with Gasteiger partial charge in [0.05, 0.1) is 19.3 Å². The molecule has 0 aromatic carbocycles. The van der Waals surface area contributed by atoms with E-state index in [4.69, 9.17) is 0 Å². The van der Waals surface area contributed by atoms with Crippen molar-refractivity contribution in [2.75, 3.05) is 20.7 Å². The molecule has 0 aliphatic rings. The Hall–Kier alpha value is -1.80. The van der Waals surface area contributed by atoms with Gasteiger partial charge in [-0.15, -0.1) is 0 Å². The van der Waals surface area contributed by atoms with E-state index >= 15 is 0 Å². The van der Waals surface area contributed by atoms with Crippen molar-refractivity contribution in [1.82, 2.24) is 19.5 Å². The van der Waals surface area contributed by atoms with Crippen LogP contribution in [0.25, 0.3) is 4.96 Å². The summed E-state index contributed by atoms with van der Waals surface area (Å²) in [6.07, 6.45) is 0.769. The third kappa shape index (κ3) is 3.20. The SMILES string of the molecule is CCc1nn2c(=O)cc(CN(C)CC(=O)OC)nc2s1. The first-order chi connectivity index (χ1) is 9.53. The van der Waals surface area contributed by atoms with E-state index in [-0.39, 0.29) is 18.1 Å². The number of carbonyl (C=O) groups is 1. The van der Waals surface area contributed by atoms with Crippen LogP contribution in [0.3, 0.4) is 0 Å². The van der Waals surface area contributed by atoms with E-state index in [9.17, 15) is 9.59 Å². The van der Waals surface area contributed by atoms with Crippen LogP contribution in [0.1, 0.15) is 17.6 Å². The average Bonchev–Trinajstić information content (AvgIpc) is 2.82. The fraction of sp³-hybridized carbons (Fsp3) is 0.500. The molecule has 0 saturated carbocycles. The van der Waals surface area contributed by atoms with Crippen LogP contribution in [-0.2, 0) is 22.5 Å². The zero-order valence-corrected chi connectivity index (χ0v) is 12.4. The van der Waals surface area contributed by atoms with Crippen molar-refractivity contribution in [3.05, 3.63) is 27.1 Å². The molecule has 2 aromatic rings. The number of methoxy groups -OCH3 is 1. The van der Waals surface area contributed by atoms with Crippen LogP contribution in [0.4, 0.5) is 0 Å². The van der Waals surface area contributed by atoms with Crippen molar-refractivity contribution in [2.45, 2.75) is 19.9 Å². The zero-order chi connectivity index (χ0) is 14.7. The summed E-state index contributed by atoms with van der Waals surface area (Å²) in [5.41, 5.74) is 0.417. The third-order valence-corrected chi connectivity index (χ3v) is 3.75. The quantitative estimate of drug-likeness (QED) is 0.740. The lowest BCUT2D eigenvalue weighted by Gasteiger charge is -2.13. The van der Waals surface area contributed by atoms with Crippen LogP contribution < -0.4 is 5.56 Å². The van der Waals surface area contributed by atoms with Gasteiger partial charge in [-0.1, -0.05) is 18.3 Å². The van der Waals surface area contributed by atoms with Gasteiger partial charge >= 0.3 is 5.97 Å². The van der Waals surface area contributed by atoms with Crippen molar-refractivity contribution >= 4 is 22.3 Å². The molecule has 0 saturated heterocycles. The summed E-state index contributed by atoms with van der Waals surface area (Å²) < 4.78 is 5.91. The van der Waals surface area contributed by atoms with E-state index in [0.29, 0.717) is 17.2 Å². The largest absolute Gasteiger partial charge is 0.468 e. The molecule has 8 heteroatoms. The van der Waals surface area contributed by atoms with Crippen LogP contribution in [0, 0.1) is 0 Å². The highest BCUT2D eigenvalue weighted by Crippen LogP contribution is 2.12. The molecule has 20 heavy (non-hydrogen) atoms. The maximum absolute atomic E-state index is 11.9. The highest BCUT2D eigenvalue weighted by atomic mass is 32.1. The molecule has 0 fully saturated rings. The highest BCUT2D eigenvalue weighted by molar-refractivity contribution is 7.16. The number of carbonyl (C=O) groups excluding carboxylic acids is 1. The van der Waals surface area contributed by atoms with Gasteiger partial charge in [0.2, 0.25) is 4.96 Å². The molecule has 0 radical (unpaired) electrons. The third-order valence-electron chi connectivity index (χ3n) is 2.70. The second-order valence-corrected chi connectivity index (χ2v) is 5.42. The predicted octanol–water partition coefficient (Wildman–Crippen LogP) is 0.318. The molecule has 0 aliphatic carbocycles. The van der Waals surface area contributed by atoms with Crippen LogP contribution in [0.5, 0.6) is 0 Å². The van der Waals surface area contributed by atoms with Gasteiger partial charge in [-0.2, -0.15) is 9.61 Å². The Morgan fingerprint density at radius 1 is 1.55 bits per heavy atom. The number of fused-ring (bicyclic) bond motifs is 1. The van der Waals surface area contributed by atoms with Gasteiger partial charge in [0.15, 0.2) is 0 Å². The lowest BCUT2D eigenvalue weighted by atomic mass is 10.3. The molecular weight excluding hydrogens is 280 g/mol. The summed E-state index contributed by atoms with van der Waals surface area (Å²) in [4.78, 5) is 29.8. The number of hydrogen-bond donors (Lipinski definition) is 0. The Bertz CT molecular complexity index is 679. The topological polar surface area (TPSA) is 76.8 Å². The van der Waals surface area contributed by atoms with Crippen molar-refractivity contribution < 1.29 is 9.53 Å². The number of ether oxygens (including phenoxy) is 1. The molecule has 108 valence electrons. The second-order valence-electron chi connectivity index (χ2n) is 4.38. The number of likely N-dealkylation sites (N-methyl/N-ethyl adjacent to an activating group) is 1. The van der Waals surface area contributed by atoms with E-state index in [1.807, 2.05) is 6.92 Å². The van der Waals surface area contributed by atoms with Crippen LogP contribution >= 0.6 is 11.3 Å². The Morgan fingerprint density at radius 3 is 2.95 bits per heavy atom. The first-order valence-electron chi connectivity index (χ1n) is 6.17. The molecule has 2 heterocycles. The van der Waals surface area contributed by atoms with Gasteiger partial charge in [0, 0.05) is 12.6 Å². The summed E-state index contributed by atoms with van der Waals surface area (Å²) >= 11 is 1.40. The monoisotopic (exact) mass is 296 g/mol. The summed E-state index contributed by atoms with van der Waals surface area (Å²) in [5, 5.41) is 5.06. The fourth-order valence-corrected chi connectivity index (χ4v) is 2.59. The van der Waals surface area contributed by atoms with Crippen LogP contribution in [0.2, 0.25) is 0 Å². The maximum atomic E-state index is 11.9. The first kappa shape index (κ1) is 14.6. The Labute approximate surface area is 119 Å². The molecule has 0 N–H and O–H groups in total. The summed E-state index contributed by atoms with van der Waals surface area (Å²) in [6, 6.07) is 1.44. The number of aromatic nitrogens is 3. The Morgan fingerprint density at radius 2 is 2.30 bits per heavy atom. The number of rotatable bonds is 5. The highest BCUT2D eigenvalue weighted by Gasteiger charge is 2.11. The molecular formula is C12H16N4O3S. The van der Waals surface area contributed by atoms with Crippen molar-refractivity contribution in [1.29, 1.82) is 0 Å². The van der Waals surface area contributed by atoms with E-state index in [2.05, 4.69) is 14.8 Å². The maximum Gasteiger partial charge on any atom is 0.319 e. The molecule has 0 aliphatic heterocycles. The van der Waals surface area contributed by atoms with E-state index in [1.165, 1.54) is 29.0 Å². The van der Waals surface area contributed by atoms with Gasteiger partial charge < -0.3 is 4.74 Å². The summed E-state index contributed by atoms with van der Waals surface area (Å²) in [6.45, 7) is 2.54. The standard InChI is InChI=1S/C12H16N4O3S/c1-4-9-14-16-10(17)5-8(13-12(16)20-9)6-15(2)7-11(18)19-3/h5H,4,6-7H2,1-3H3. The van der Waals surface area contributed by atoms with Crippen molar-refractivity contribution in [2.24, 2.45) is 0 Å².